The van der Waals surface area contributed by atoms with Gasteiger partial charge in [-0.25, -0.2) is 4.98 Å². The zero-order valence-corrected chi connectivity index (χ0v) is 20.8. The van der Waals surface area contributed by atoms with Gasteiger partial charge in [-0.05, 0) is 57.4 Å². The van der Waals surface area contributed by atoms with Gasteiger partial charge in [-0.15, -0.1) is 0 Å². The SMILES string of the molecule is CC(C)Nc1nc(-c2cccc(CN(C)CCN)c2)cc(C(=O)NCC2CCOCC2)c1CN. The number of carbonyl (C=O) groups excluding carboxylic acids is 1. The molecule has 34 heavy (non-hydrogen) atoms. The van der Waals surface area contributed by atoms with Crippen LogP contribution in [0.2, 0.25) is 0 Å². The molecule has 0 atom stereocenters. The topological polar surface area (TPSA) is 119 Å². The summed E-state index contributed by atoms with van der Waals surface area (Å²) in [7, 11) is 2.05. The Hall–Kier alpha value is -2.52. The summed E-state index contributed by atoms with van der Waals surface area (Å²) in [5, 5.41) is 6.52. The Morgan fingerprint density at radius 3 is 2.68 bits per heavy atom. The van der Waals surface area contributed by atoms with E-state index in [-0.39, 0.29) is 18.5 Å². The van der Waals surface area contributed by atoms with E-state index in [1.54, 1.807) is 0 Å². The van der Waals surface area contributed by atoms with Gasteiger partial charge in [0.15, 0.2) is 0 Å². The van der Waals surface area contributed by atoms with Gasteiger partial charge in [0, 0.05) is 68.7 Å². The Labute approximate surface area is 203 Å². The van der Waals surface area contributed by atoms with Crippen LogP contribution in [-0.4, -0.2) is 61.7 Å². The maximum Gasteiger partial charge on any atom is 0.251 e. The molecule has 1 aromatic carbocycles. The predicted octanol–water partition coefficient (Wildman–Crippen LogP) is 2.57. The van der Waals surface area contributed by atoms with Gasteiger partial charge >= 0.3 is 0 Å². The fraction of sp³-hybridized carbons (Fsp3) is 0.538. The van der Waals surface area contributed by atoms with Gasteiger partial charge in [0.05, 0.1) is 5.69 Å². The Kier molecular flexibility index (Phi) is 9.83. The van der Waals surface area contributed by atoms with Crippen molar-refractivity contribution in [3.63, 3.8) is 0 Å². The van der Waals surface area contributed by atoms with Gasteiger partial charge in [-0.2, -0.15) is 0 Å². The van der Waals surface area contributed by atoms with E-state index < -0.39 is 0 Å². The highest BCUT2D eigenvalue weighted by molar-refractivity contribution is 5.98. The second-order valence-electron chi connectivity index (χ2n) is 9.38. The summed E-state index contributed by atoms with van der Waals surface area (Å²) < 4.78 is 5.44. The van der Waals surface area contributed by atoms with Crippen LogP contribution in [0.1, 0.15) is 48.2 Å². The first-order valence-electron chi connectivity index (χ1n) is 12.3. The highest BCUT2D eigenvalue weighted by Crippen LogP contribution is 2.27. The molecule has 1 fully saturated rings. The number of anilines is 1. The summed E-state index contributed by atoms with van der Waals surface area (Å²) in [5.41, 5.74) is 16.0. The molecule has 2 aromatic rings. The van der Waals surface area contributed by atoms with Crippen molar-refractivity contribution in [1.82, 2.24) is 15.2 Å². The lowest BCUT2D eigenvalue weighted by molar-refractivity contribution is 0.0642. The van der Waals surface area contributed by atoms with E-state index >= 15 is 0 Å². The lowest BCUT2D eigenvalue weighted by Crippen LogP contribution is -2.33. The number of nitrogens with two attached hydrogens (primary N) is 2. The Morgan fingerprint density at radius 1 is 1.24 bits per heavy atom. The first kappa shape index (κ1) is 26.1. The molecule has 0 bridgehead atoms. The number of hydrogen-bond acceptors (Lipinski definition) is 7. The van der Waals surface area contributed by atoms with E-state index in [1.807, 2.05) is 32.0 Å². The largest absolute Gasteiger partial charge is 0.381 e. The lowest BCUT2D eigenvalue weighted by atomic mass is 9.99. The van der Waals surface area contributed by atoms with Crippen LogP contribution in [0.4, 0.5) is 5.82 Å². The summed E-state index contributed by atoms with van der Waals surface area (Å²) in [5.74, 6) is 0.994. The number of amides is 1. The minimum atomic E-state index is -0.110. The average molecular weight is 469 g/mol. The molecule has 1 amide bonds. The number of aromatic nitrogens is 1. The third kappa shape index (κ3) is 7.24. The molecular weight excluding hydrogens is 428 g/mol. The van der Waals surface area contributed by atoms with E-state index in [2.05, 4.69) is 34.7 Å². The van der Waals surface area contributed by atoms with Crippen LogP contribution < -0.4 is 22.1 Å². The number of carbonyl (C=O) groups is 1. The van der Waals surface area contributed by atoms with Gasteiger partial charge in [-0.3, -0.25) is 4.79 Å². The van der Waals surface area contributed by atoms with Gasteiger partial charge in [0.25, 0.3) is 5.91 Å². The molecule has 1 aliphatic rings. The smallest absolute Gasteiger partial charge is 0.251 e. The molecule has 0 aliphatic carbocycles. The zero-order chi connectivity index (χ0) is 24.5. The maximum absolute atomic E-state index is 13.3. The molecule has 0 radical (unpaired) electrons. The van der Waals surface area contributed by atoms with Gasteiger partial charge in [-0.1, -0.05) is 18.2 Å². The average Bonchev–Trinajstić information content (AvgIpc) is 2.82. The molecular formula is C26H40N6O2. The van der Waals surface area contributed by atoms with E-state index in [1.165, 1.54) is 5.56 Å². The molecule has 1 saturated heterocycles. The number of rotatable bonds is 11. The third-order valence-electron chi connectivity index (χ3n) is 6.08. The van der Waals surface area contributed by atoms with Crippen molar-refractivity contribution in [3.05, 3.63) is 47.0 Å². The summed E-state index contributed by atoms with van der Waals surface area (Å²) >= 11 is 0. The molecule has 2 heterocycles. The van der Waals surface area contributed by atoms with Crippen LogP contribution in [-0.2, 0) is 17.8 Å². The Morgan fingerprint density at radius 2 is 2.00 bits per heavy atom. The van der Waals surface area contributed by atoms with Crippen LogP contribution in [0.25, 0.3) is 11.3 Å². The number of ether oxygens (including phenoxy) is 1. The van der Waals surface area contributed by atoms with Crippen molar-refractivity contribution in [3.8, 4) is 11.3 Å². The predicted molar refractivity (Wildman–Crippen MR) is 138 cm³/mol. The summed E-state index contributed by atoms with van der Waals surface area (Å²) in [6.45, 7) is 8.72. The van der Waals surface area contributed by atoms with Crippen molar-refractivity contribution in [1.29, 1.82) is 0 Å². The number of nitrogens with zero attached hydrogens (tertiary/aromatic N) is 2. The summed E-state index contributed by atoms with van der Waals surface area (Å²) in [4.78, 5) is 20.4. The third-order valence-corrected chi connectivity index (χ3v) is 6.08. The number of nitrogens with one attached hydrogen (secondary N) is 2. The molecule has 1 aromatic heterocycles. The second kappa shape index (κ2) is 12.8. The first-order chi connectivity index (χ1) is 16.4. The molecule has 0 saturated carbocycles. The van der Waals surface area contributed by atoms with Crippen LogP contribution in [0, 0.1) is 5.92 Å². The second-order valence-corrected chi connectivity index (χ2v) is 9.38. The Balaban J connectivity index is 1.92. The lowest BCUT2D eigenvalue weighted by Gasteiger charge is -2.23. The number of pyridine rings is 1. The van der Waals surface area contributed by atoms with E-state index in [4.69, 9.17) is 21.2 Å². The molecule has 6 N–H and O–H groups in total. The maximum atomic E-state index is 13.3. The van der Waals surface area contributed by atoms with Crippen molar-refractivity contribution < 1.29 is 9.53 Å². The van der Waals surface area contributed by atoms with Crippen molar-refractivity contribution in [2.75, 3.05) is 45.2 Å². The number of benzene rings is 1. The van der Waals surface area contributed by atoms with E-state index in [9.17, 15) is 4.79 Å². The zero-order valence-electron chi connectivity index (χ0n) is 20.8. The van der Waals surface area contributed by atoms with Gasteiger partial charge in [0.2, 0.25) is 0 Å². The van der Waals surface area contributed by atoms with Crippen molar-refractivity contribution in [2.24, 2.45) is 17.4 Å². The van der Waals surface area contributed by atoms with E-state index in [0.29, 0.717) is 30.4 Å². The summed E-state index contributed by atoms with van der Waals surface area (Å²) in [6, 6.07) is 10.3. The van der Waals surface area contributed by atoms with E-state index in [0.717, 1.165) is 56.0 Å². The number of hydrogen-bond donors (Lipinski definition) is 4. The van der Waals surface area contributed by atoms with Crippen molar-refractivity contribution in [2.45, 2.75) is 45.8 Å². The van der Waals surface area contributed by atoms with Crippen LogP contribution in [0.15, 0.2) is 30.3 Å². The van der Waals surface area contributed by atoms with Crippen LogP contribution in [0.3, 0.4) is 0 Å². The first-order valence-corrected chi connectivity index (χ1v) is 12.3. The normalized spacial score (nSPS) is 14.6. The highest BCUT2D eigenvalue weighted by Gasteiger charge is 2.21. The standard InChI is InChI=1S/C26H40N6O2/c1-18(2)30-25-23(15-28)22(26(33)29-16-19-7-11-34-12-8-19)14-24(31-25)21-6-4-5-20(13-21)17-32(3)10-9-27/h4-6,13-14,18-19H,7-12,15-17,27-28H2,1-3H3,(H,29,33)(H,30,31). The number of likely N-dealkylation sites (N-methyl/N-ethyl adjacent to an activating group) is 1. The quantitative estimate of drug-likeness (QED) is 0.400. The molecule has 186 valence electrons. The fourth-order valence-electron chi connectivity index (χ4n) is 4.24. The Bertz CT molecular complexity index is 943. The van der Waals surface area contributed by atoms with Gasteiger partial charge < -0.3 is 31.7 Å². The molecule has 0 spiro atoms. The van der Waals surface area contributed by atoms with Gasteiger partial charge in [0.1, 0.15) is 5.82 Å². The molecule has 3 rings (SSSR count). The summed E-state index contributed by atoms with van der Waals surface area (Å²) in [6.07, 6.45) is 1.94. The molecule has 8 heteroatoms. The van der Waals surface area contributed by atoms with Crippen LogP contribution in [0.5, 0.6) is 0 Å². The molecule has 1 aliphatic heterocycles. The van der Waals surface area contributed by atoms with Crippen molar-refractivity contribution >= 4 is 11.7 Å². The highest BCUT2D eigenvalue weighted by atomic mass is 16.5. The minimum absolute atomic E-state index is 0.110. The minimum Gasteiger partial charge on any atom is -0.381 e. The molecule has 8 nitrogen and oxygen atoms in total. The monoisotopic (exact) mass is 468 g/mol. The fourth-order valence-corrected chi connectivity index (χ4v) is 4.24. The molecule has 0 unspecified atom stereocenters. The van der Waals surface area contributed by atoms with Crippen LogP contribution >= 0.6 is 0 Å².